The van der Waals surface area contributed by atoms with Crippen LogP contribution in [0.4, 0.5) is 13.2 Å². The summed E-state index contributed by atoms with van der Waals surface area (Å²) in [6.45, 7) is 6.10. The van der Waals surface area contributed by atoms with E-state index in [0.717, 1.165) is 24.6 Å². The van der Waals surface area contributed by atoms with Crippen LogP contribution in [0.1, 0.15) is 51.2 Å². The maximum absolute atomic E-state index is 12.9. The number of amides is 1. The van der Waals surface area contributed by atoms with Gasteiger partial charge in [0.2, 0.25) is 5.91 Å². The zero-order chi connectivity index (χ0) is 23.2. The van der Waals surface area contributed by atoms with Crippen LogP contribution in [0.2, 0.25) is 0 Å². The molecule has 0 spiro atoms. The smallest absolute Gasteiger partial charge is 0.379 e. The first-order valence-electron chi connectivity index (χ1n) is 9.98. The van der Waals surface area contributed by atoms with E-state index in [4.69, 9.17) is 4.18 Å². The Hall–Kier alpha value is -2.55. The molecule has 0 radical (unpaired) electrons. The second-order valence-electron chi connectivity index (χ2n) is 7.24. The van der Waals surface area contributed by atoms with Crippen molar-refractivity contribution in [3.63, 3.8) is 0 Å². The van der Waals surface area contributed by atoms with E-state index in [1.54, 1.807) is 17.0 Å². The third kappa shape index (κ3) is 6.72. The van der Waals surface area contributed by atoms with Crippen LogP contribution in [0.15, 0.2) is 53.4 Å². The Bertz CT molecular complexity index is 1010. The lowest BCUT2D eigenvalue weighted by molar-refractivity contribution is -0.137. The summed E-state index contributed by atoms with van der Waals surface area (Å²) in [7, 11) is -4.47. The molecule has 0 aromatic heterocycles. The molecule has 5 nitrogen and oxygen atoms in total. The minimum atomic E-state index is -4.67. The van der Waals surface area contributed by atoms with E-state index >= 15 is 0 Å². The molecule has 1 amide bonds. The fourth-order valence-electron chi connectivity index (χ4n) is 2.96. The molecule has 0 heterocycles. The van der Waals surface area contributed by atoms with Crippen LogP contribution in [0.5, 0.6) is 5.75 Å². The van der Waals surface area contributed by atoms with E-state index in [2.05, 4.69) is 0 Å². The van der Waals surface area contributed by atoms with Crippen molar-refractivity contribution in [2.75, 3.05) is 0 Å². The summed E-state index contributed by atoms with van der Waals surface area (Å²) in [4.78, 5) is 13.6. The Morgan fingerprint density at radius 1 is 1.10 bits per heavy atom. The van der Waals surface area contributed by atoms with Gasteiger partial charge >= 0.3 is 16.3 Å². The lowest BCUT2D eigenvalue weighted by Crippen LogP contribution is -2.37. The molecule has 0 aliphatic rings. The third-order valence-electron chi connectivity index (χ3n) is 4.81. The highest BCUT2D eigenvalue weighted by atomic mass is 32.2. The summed E-state index contributed by atoms with van der Waals surface area (Å²) in [5, 5.41) is 0. The number of halogens is 3. The maximum atomic E-state index is 12.9. The molecule has 2 rings (SSSR count). The molecular weight excluding hydrogens is 431 g/mol. The molecule has 0 aliphatic carbocycles. The molecule has 1 unspecified atom stereocenters. The van der Waals surface area contributed by atoms with Crippen molar-refractivity contribution in [3.05, 3.63) is 59.7 Å². The number of hydrogen-bond acceptors (Lipinski definition) is 4. The predicted octanol–water partition coefficient (Wildman–Crippen LogP) is 5.40. The van der Waals surface area contributed by atoms with E-state index in [-0.39, 0.29) is 24.2 Å². The van der Waals surface area contributed by atoms with Gasteiger partial charge in [0.15, 0.2) is 0 Å². The summed E-state index contributed by atoms with van der Waals surface area (Å²) in [5.74, 6) is -0.0401. The van der Waals surface area contributed by atoms with Crippen molar-refractivity contribution in [1.29, 1.82) is 0 Å². The van der Waals surface area contributed by atoms with Gasteiger partial charge < -0.3 is 9.08 Å². The first-order valence-corrected chi connectivity index (χ1v) is 11.4. The SMILES string of the molecule is CCCC(=O)N(Cc1cccc(OS(=O)(=O)c2cccc(C(F)(F)F)c2)c1)C(C)CC. The van der Waals surface area contributed by atoms with Gasteiger partial charge in [-0.3, -0.25) is 4.79 Å². The summed E-state index contributed by atoms with van der Waals surface area (Å²) < 4.78 is 68.8. The van der Waals surface area contributed by atoms with Gasteiger partial charge in [0.25, 0.3) is 0 Å². The molecule has 170 valence electrons. The topological polar surface area (TPSA) is 63.7 Å². The molecule has 0 aliphatic heterocycles. The zero-order valence-electron chi connectivity index (χ0n) is 17.6. The summed E-state index contributed by atoms with van der Waals surface area (Å²) in [6.07, 6.45) is -2.79. The fourth-order valence-corrected chi connectivity index (χ4v) is 3.93. The van der Waals surface area contributed by atoms with Gasteiger partial charge in [0.05, 0.1) is 5.56 Å². The van der Waals surface area contributed by atoms with Crippen molar-refractivity contribution < 1.29 is 30.6 Å². The van der Waals surface area contributed by atoms with E-state index in [9.17, 15) is 26.4 Å². The number of carbonyl (C=O) groups excluding carboxylic acids is 1. The number of alkyl halides is 3. The van der Waals surface area contributed by atoms with Gasteiger partial charge in [-0.05, 0) is 55.7 Å². The molecule has 0 saturated carbocycles. The molecule has 0 N–H and O–H groups in total. The Kier molecular flexibility index (Phi) is 8.11. The lowest BCUT2D eigenvalue weighted by atomic mass is 10.1. The predicted molar refractivity (Wildman–Crippen MR) is 111 cm³/mol. The average molecular weight is 458 g/mol. The Balaban J connectivity index is 2.26. The van der Waals surface area contributed by atoms with Crippen molar-refractivity contribution in [2.45, 2.75) is 63.7 Å². The van der Waals surface area contributed by atoms with Crippen molar-refractivity contribution in [1.82, 2.24) is 4.90 Å². The van der Waals surface area contributed by atoms with Crippen molar-refractivity contribution in [3.8, 4) is 5.75 Å². The number of carbonyl (C=O) groups is 1. The fraction of sp³-hybridized carbons (Fsp3) is 0.409. The van der Waals surface area contributed by atoms with E-state index in [1.165, 1.54) is 12.1 Å². The number of hydrogen-bond donors (Lipinski definition) is 0. The lowest BCUT2D eigenvalue weighted by Gasteiger charge is -2.29. The minimum absolute atomic E-state index is 0.000224. The monoisotopic (exact) mass is 457 g/mol. The Morgan fingerprint density at radius 2 is 1.77 bits per heavy atom. The molecule has 0 bridgehead atoms. The standard InChI is InChI=1S/C22H26F3NO4S/c1-4-8-21(27)26(16(3)5-2)15-17-9-6-11-19(13-17)30-31(28,29)20-12-7-10-18(14-20)22(23,24)25/h6-7,9-14,16H,4-5,8,15H2,1-3H3. The molecule has 0 saturated heterocycles. The van der Waals surface area contributed by atoms with E-state index < -0.39 is 26.8 Å². The molecule has 9 heteroatoms. The zero-order valence-corrected chi connectivity index (χ0v) is 18.5. The van der Waals surface area contributed by atoms with Crippen LogP contribution in [0.25, 0.3) is 0 Å². The van der Waals surface area contributed by atoms with Crippen LogP contribution >= 0.6 is 0 Å². The summed E-state index contributed by atoms with van der Waals surface area (Å²) in [6, 6.07) is 9.56. The van der Waals surface area contributed by atoms with Gasteiger partial charge in [-0.1, -0.05) is 32.0 Å². The normalized spacial score (nSPS) is 13.0. The van der Waals surface area contributed by atoms with Crippen LogP contribution in [-0.4, -0.2) is 25.3 Å². The number of nitrogens with zero attached hydrogens (tertiary/aromatic N) is 1. The van der Waals surface area contributed by atoms with E-state index in [0.29, 0.717) is 24.5 Å². The summed E-state index contributed by atoms with van der Waals surface area (Å²) >= 11 is 0. The van der Waals surface area contributed by atoms with Crippen LogP contribution in [-0.2, 0) is 27.6 Å². The highest BCUT2D eigenvalue weighted by molar-refractivity contribution is 7.87. The largest absolute Gasteiger partial charge is 0.416 e. The molecular formula is C22H26F3NO4S. The Morgan fingerprint density at radius 3 is 2.39 bits per heavy atom. The van der Waals surface area contributed by atoms with Gasteiger partial charge in [-0.2, -0.15) is 21.6 Å². The first kappa shape index (κ1) is 24.7. The molecule has 0 fully saturated rings. The van der Waals surface area contributed by atoms with Crippen LogP contribution in [0.3, 0.4) is 0 Å². The second kappa shape index (κ2) is 10.2. The van der Waals surface area contributed by atoms with Crippen LogP contribution in [0, 0.1) is 0 Å². The highest BCUT2D eigenvalue weighted by Gasteiger charge is 2.32. The van der Waals surface area contributed by atoms with Crippen LogP contribution < -0.4 is 4.18 Å². The third-order valence-corrected chi connectivity index (χ3v) is 6.06. The van der Waals surface area contributed by atoms with Gasteiger partial charge in [0.1, 0.15) is 10.6 Å². The Labute approximate surface area is 181 Å². The second-order valence-corrected chi connectivity index (χ2v) is 8.79. The van der Waals surface area contributed by atoms with Gasteiger partial charge in [0, 0.05) is 19.0 Å². The average Bonchev–Trinajstić information content (AvgIpc) is 2.71. The number of benzene rings is 2. The van der Waals surface area contributed by atoms with Gasteiger partial charge in [-0.25, -0.2) is 0 Å². The first-order chi connectivity index (χ1) is 14.5. The molecule has 31 heavy (non-hydrogen) atoms. The van der Waals surface area contributed by atoms with E-state index in [1.807, 2.05) is 20.8 Å². The van der Waals surface area contributed by atoms with Crippen molar-refractivity contribution in [2.24, 2.45) is 0 Å². The molecule has 2 aromatic carbocycles. The maximum Gasteiger partial charge on any atom is 0.416 e. The van der Waals surface area contributed by atoms with Gasteiger partial charge in [-0.15, -0.1) is 0 Å². The molecule has 1 atom stereocenters. The highest BCUT2D eigenvalue weighted by Crippen LogP contribution is 2.31. The minimum Gasteiger partial charge on any atom is -0.379 e. The quantitative estimate of drug-likeness (QED) is 0.473. The van der Waals surface area contributed by atoms with Crippen molar-refractivity contribution >= 4 is 16.0 Å². The summed E-state index contributed by atoms with van der Waals surface area (Å²) in [5.41, 5.74) is -0.425. The molecule has 2 aromatic rings. The number of rotatable bonds is 9.